The van der Waals surface area contributed by atoms with Gasteiger partial charge in [0.05, 0.1) is 11.8 Å². The zero-order valence-electron chi connectivity index (χ0n) is 16.2. The Labute approximate surface area is 181 Å². The lowest BCUT2D eigenvalue weighted by Crippen LogP contribution is -2.22. The summed E-state index contributed by atoms with van der Waals surface area (Å²) in [5.41, 5.74) is -0.574. The summed E-state index contributed by atoms with van der Waals surface area (Å²) >= 11 is 4.75. The van der Waals surface area contributed by atoms with E-state index in [4.69, 9.17) is 11.6 Å². The summed E-state index contributed by atoms with van der Waals surface area (Å²) in [7, 11) is 0. The molecule has 1 atom stereocenters. The molecule has 10 heteroatoms. The number of anilines is 2. The van der Waals surface area contributed by atoms with Gasteiger partial charge in [0.2, 0.25) is 0 Å². The van der Waals surface area contributed by atoms with Crippen molar-refractivity contribution in [3.8, 4) is 17.0 Å². The summed E-state index contributed by atoms with van der Waals surface area (Å²) in [6.45, 7) is 1.23. The molecule has 1 aliphatic rings. The van der Waals surface area contributed by atoms with Gasteiger partial charge in [-0.05, 0) is 55.0 Å². The van der Waals surface area contributed by atoms with Gasteiger partial charge in [-0.15, -0.1) is 8.78 Å². The number of nitrogens with one attached hydrogen (secondary N) is 2. The van der Waals surface area contributed by atoms with E-state index < -0.39 is 5.57 Å². The number of amides is 1. The first kappa shape index (κ1) is 21.1. The molecule has 0 radical (unpaired) electrons. The molecule has 3 aromatic rings. The summed E-state index contributed by atoms with van der Waals surface area (Å²) in [6, 6.07) is 12.5. The number of carbonyl (C=O) groups is 1. The molecule has 1 amide bonds. The number of rotatable bonds is 6. The van der Waals surface area contributed by atoms with Crippen molar-refractivity contribution >= 4 is 28.9 Å². The van der Waals surface area contributed by atoms with Gasteiger partial charge in [0.1, 0.15) is 5.75 Å². The fourth-order valence-electron chi connectivity index (χ4n) is 3.48. The molecule has 1 fully saturated rings. The molecular formula is C21H19ClF2N4O3. The van der Waals surface area contributed by atoms with E-state index in [1.54, 1.807) is 24.4 Å². The number of H-pyrrole nitrogens is 1. The normalized spacial score (nSPS) is 16.4. The fraction of sp³-hybridized carbons (Fsp3) is 0.238. The fourth-order valence-corrected chi connectivity index (χ4v) is 3.57. The second-order valence-electron chi connectivity index (χ2n) is 7.12. The van der Waals surface area contributed by atoms with Crippen LogP contribution in [-0.4, -0.2) is 46.0 Å². The lowest BCUT2D eigenvalue weighted by atomic mass is 10.0. The van der Waals surface area contributed by atoms with Crippen molar-refractivity contribution in [2.75, 3.05) is 23.3 Å². The standard InChI is InChI=1S/C21H19ClF2N4O3/c22-21(23,24)31-16-4-2-14(3-5-16)26-20(30)13-1-6-19(28-10-8-15(29)12-28)17(11-13)18-7-9-25-27-18/h1-7,9,11,15,29H,8,10,12H2,(H,25,27)(H,26,30). The zero-order valence-corrected chi connectivity index (χ0v) is 16.9. The van der Waals surface area contributed by atoms with Crippen LogP contribution in [0, 0.1) is 0 Å². The summed E-state index contributed by atoms with van der Waals surface area (Å²) in [5.74, 6) is -0.498. The van der Waals surface area contributed by atoms with Crippen LogP contribution in [0.3, 0.4) is 0 Å². The van der Waals surface area contributed by atoms with Crippen LogP contribution in [0.4, 0.5) is 20.2 Å². The second kappa shape index (κ2) is 8.52. The van der Waals surface area contributed by atoms with E-state index >= 15 is 0 Å². The molecule has 2 aromatic carbocycles. The zero-order chi connectivity index (χ0) is 22.0. The predicted molar refractivity (Wildman–Crippen MR) is 113 cm³/mol. The smallest absolute Gasteiger partial charge is 0.420 e. The van der Waals surface area contributed by atoms with Crippen molar-refractivity contribution in [2.24, 2.45) is 0 Å². The van der Waals surface area contributed by atoms with Gasteiger partial charge < -0.3 is 20.1 Å². The largest absolute Gasteiger partial charge is 0.487 e. The molecule has 31 heavy (non-hydrogen) atoms. The lowest BCUT2D eigenvalue weighted by molar-refractivity contribution is -0.0964. The van der Waals surface area contributed by atoms with E-state index in [9.17, 15) is 18.7 Å². The quantitative estimate of drug-likeness (QED) is 0.494. The number of nitrogens with zero attached hydrogens (tertiary/aromatic N) is 2. The number of halogens is 3. The molecule has 1 aliphatic heterocycles. The highest BCUT2D eigenvalue weighted by Crippen LogP contribution is 2.33. The number of ether oxygens (including phenoxy) is 1. The SMILES string of the molecule is O=C(Nc1ccc(OC(F)(F)Cl)cc1)c1ccc(N2CCC(O)C2)c(-c2ccn[nH]2)c1. The minimum atomic E-state index is -3.80. The molecule has 0 bridgehead atoms. The average molecular weight is 449 g/mol. The molecule has 1 unspecified atom stereocenters. The second-order valence-corrected chi connectivity index (χ2v) is 7.56. The number of aliphatic hydroxyl groups excluding tert-OH is 1. The topological polar surface area (TPSA) is 90.5 Å². The molecule has 4 rings (SSSR count). The Morgan fingerprint density at radius 1 is 1.26 bits per heavy atom. The Kier molecular flexibility index (Phi) is 5.79. The highest BCUT2D eigenvalue weighted by atomic mass is 35.5. The summed E-state index contributed by atoms with van der Waals surface area (Å²) < 4.78 is 29.7. The van der Waals surface area contributed by atoms with Crippen LogP contribution in [0.5, 0.6) is 5.75 Å². The molecule has 1 aromatic heterocycles. The van der Waals surface area contributed by atoms with Crippen molar-refractivity contribution in [3.63, 3.8) is 0 Å². The number of hydrogen-bond acceptors (Lipinski definition) is 5. The van der Waals surface area contributed by atoms with Crippen molar-refractivity contribution in [3.05, 3.63) is 60.3 Å². The van der Waals surface area contributed by atoms with Gasteiger partial charge >= 0.3 is 5.57 Å². The summed E-state index contributed by atoms with van der Waals surface area (Å²) in [6.07, 6.45) is 1.92. The number of benzene rings is 2. The van der Waals surface area contributed by atoms with E-state index in [0.29, 0.717) is 30.8 Å². The van der Waals surface area contributed by atoms with Crippen molar-refractivity contribution in [2.45, 2.75) is 18.1 Å². The van der Waals surface area contributed by atoms with Crippen LogP contribution in [0.15, 0.2) is 54.7 Å². The number of aromatic amines is 1. The Morgan fingerprint density at radius 3 is 2.65 bits per heavy atom. The molecule has 0 spiro atoms. The van der Waals surface area contributed by atoms with E-state index in [0.717, 1.165) is 16.9 Å². The molecule has 3 N–H and O–H groups in total. The van der Waals surface area contributed by atoms with Crippen molar-refractivity contribution < 1.29 is 23.4 Å². The maximum atomic E-state index is 12.8. The number of β-amino-alcohol motifs (C(OH)–C–C–N with tert-alkyl or cyclic N) is 1. The van der Waals surface area contributed by atoms with Gasteiger partial charge in [-0.3, -0.25) is 9.89 Å². The molecule has 162 valence electrons. The third kappa shape index (κ3) is 5.12. The minimum absolute atomic E-state index is 0.128. The third-order valence-corrected chi connectivity index (χ3v) is 4.98. The average Bonchev–Trinajstić information content (AvgIpc) is 3.40. The van der Waals surface area contributed by atoms with Gasteiger partial charge in [-0.2, -0.15) is 5.10 Å². The number of aromatic nitrogens is 2. The summed E-state index contributed by atoms with van der Waals surface area (Å²) in [4.78, 5) is 14.8. The van der Waals surface area contributed by atoms with Gasteiger partial charge in [0, 0.05) is 53.4 Å². The van der Waals surface area contributed by atoms with E-state index in [-0.39, 0.29) is 17.8 Å². The first-order chi connectivity index (χ1) is 14.8. The number of alkyl halides is 3. The minimum Gasteiger partial charge on any atom is -0.420 e. The molecule has 2 heterocycles. The van der Waals surface area contributed by atoms with Gasteiger partial charge in [0.15, 0.2) is 0 Å². The third-order valence-electron chi connectivity index (χ3n) is 4.90. The van der Waals surface area contributed by atoms with Crippen LogP contribution >= 0.6 is 11.6 Å². The van der Waals surface area contributed by atoms with Crippen LogP contribution < -0.4 is 15.0 Å². The van der Waals surface area contributed by atoms with Crippen LogP contribution in [0.25, 0.3) is 11.3 Å². The molecule has 7 nitrogen and oxygen atoms in total. The molecule has 0 saturated carbocycles. The first-order valence-corrected chi connectivity index (χ1v) is 9.90. The van der Waals surface area contributed by atoms with E-state index in [1.807, 2.05) is 6.07 Å². The Hall–Kier alpha value is -3.17. The molecule has 1 saturated heterocycles. The van der Waals surface area contributed by atoms with Gasteiger partial charge in [-0.1, -0.05) is 0 Å². The number of aliphatic hydroxyl groups is 1. The van der Waals surface area contributed by atoms with E-state index in [2.05, 4.69) is 25.2 Å². The van der Waals surface area contributed by atoms with Crippen LogP contribution in [0.1, 0.15) is 16.8 Å². The Morgan fingerprint density at radius 2 is 2.03 bits per heavy atom. The lowest BCUT2D eigenvalue weighted by Gasteiger charge is -2.22. The Bertz CT molecular complexity index is 1060. The maximum absolute atomic E-state index is 12.8. The van der Waals surface area contributed by atoms with E-state index in [1.165, 1.54) is 24.3 Å². The monoisotopic (exact) mass is 448 g/mol. The Balaban J connectivity index is 1.55. The van der Waals surface area contributed by atoms with Crippen LogP contribution in [-0.2, 0) is 0 Å². The number of hydrogen-bond donors (Lipinski definition) is 3. The summed E-state index contributed by atoms with van der Waals surface area (Å²) in [5, 5.41) is 19.5. The molecule has 0 aliphatic carbocycles. The predicted octanol–water partition coefficient (Wildman–Crippen LogP) is 4.07. The maximum Gasteiger partial charge on any atom is 0.487 e. The van der Waals surface area contributed by atoms with Gasteiger partial charge in [-0.25, -0.2) is 0 Å². The number of carbonyl (C=O) groups excluding carboxylic acids is 1. The van der Waals surface area contributed by atoms with Gasteiger partial charge in [0.25, 0.3) is 5.91 Å². The molecular weight excluding hydrogens is 430 g/mol. The van der Waals surface area contributed by atoms with Crippen molar-refractivity contribution in [1.82, 2.24) is 10.2 Å². The first-order valence-electron chi connectivity index (χ1n) is 9.52. The van der Waals surface area contributed by atoms with Crippen molar-refractivity contribution in [1.29, 1.82) is 0 Å². The van der Waals surface area contributed by atoms with Crippen LogP contribution in [0.2, 0.25) is 0 Å². The highest BCUT2D eigenvalue weighted by molar-refractivity contribution is 6.20. The highest BCUT2D eigenvalue weighted by Gasteiger charge is 2.27.